The molecular weight excluding hydrogens is 368 g/mol. The fraction of sp³-hybridized carbons (Fsp3) is 0.435. The first-order chi connectivity index (χ1) is 14.2. The van der Waals surface area contributed by atoms with Crippen LogP contribution < -0.4 is 14.4 Å². The number of anilines is 1. The molecule has 1 atom stereocenters. The van der Waals surface area contributed by atoms with Gasteiger partial charge in [-0.25, -0.2) is 0 Å². The van der Waals surface area contributed by atoms with Gasteiger partial charge in [0.25, 0.3) is 5.91 Å². The number of rotatable bonds is 3. The summed E-state index contributed by atoms with van der Waals surface area (Å²) in [7, 11) is 0. The Morgan fingerprint density at radius 2 is 1.79 bits per heavy atom. The van der Waals surface area contributed by atoms with Gasteiger partial charge >= 0.3 is 0 Å². The van der Waals surface area contributed by atoms with Crippen molar-refractivity contribution in [2.24, 2.45) is 0 Å². The lowest BCUT2D eigenvalue weighted by molar-refractivity contribution is -0.121. The second-order valence-corrected chi connectivity index (χ2v) is 8.23. The van der Waals surface area contributed by atoms with Crippen molar-refractivity contribution >= 4 is 11.6 Å². The smallest absolute Gasteiger partial charge is 0.252 e. The molecule has 1 saturated heterocycles. The number of para-hydroxylation sites is 3. The van der Waals surface area contributed by atoms with E-state index in [2.05, 4.69) is 11.0 Å². The number of aliphatic hydroxyl groups excluding tert-OH is 1. The number of hydrogen-bond donors (Lipinski definition) is 1. The molecule has 1 fully saturated rings. The Balaban J connectivity index is 1.26. The Morgan fingerprint density at radius 3 is 2.59 bits per heavy atom. The van der Waals surface area contributed by atoms with Gasteiger partial charge < -0.3 is 19.5 Å². The minimum absolute atomic E-state index is 0.0194. The summed E-state index contributed by atoms with van der Waals surface area (Å²) in [5.74, 6) is 1.42. The predicted molar refractivity (Wildman–Crippen MR) is 110 cm³/mol. The van der Waals surface area contributed by atoms with Gasteiger partial charge in [-0.2, -0.15) is 0 Å². The van der Waals surface area contributed by atoms with Crippen LogP contribution in [0.2, 0.25) is 0 Å². The summed E-state index contributed by atoms with van der Waals surface area (Å²) in [4.78, 5) is 16.5. The molecule has 0 bridgehead atoms. The van der Waals surface area contributed by atoms with Crippen molar-refractivity contribution < 1.29 is 19.4 Å². The Morgan fingerprint density at radius 1 is 1.07 bits per heavy atom. The van der Waals surface area contributed by atoms with E-state index >= 15 is 0 Å². The van der Waals surface area contributed by atoms with Crippen molar-refractivity contribution in [1.82, 2.24) is 4.90 Å². The van der Waals surface area contributed by atoms with Gasteiger partial charge in [0.1, 0.15) is 19.3 Å². The summed E-state index contributed by atoms with van der Waals surface area (Å²) in [6, 6.07) is 16.0. The van der Waals surface area contributed by atoms with Gasteiger partial charge in [-0.1, -0.05) is 30.3 Å². The van der Waals surface area contributed by atoms with E-state index in [4.69, 9.17) is 9.47 Å². The van der Waals surface area contributed by atoms with Gasteiger partial charge in [0, 0.05) is 24.2 Å². The summed E-state index contributed by atoms with van der Waals surface area (Å²) in [5, 5.41) is 9.38. The molecule has 2 aromatic rings. The van der Waals surface area contributed by atoms with Crippen LogP contribution in [0.25, 0.3) is 0 Å². The maximum absolute atomic E-state index is 12.3. The van der Waals surface area contributed by atoms with Crippen LogP contribution in [-0.4, -0.2) is 61.4 Å². The van der Waals surface area contributed by atoms with Crippen LogP contribution in [0.1, 0.15) is 18.4 Å². The van der Waals surface area contributed by atoms with Crippen molar-refractivity contribution in [2.75, 3.05) is 44.3 Å². The summed E-state index contributed by atoms with van der Waals surface area (Å²) in [6.45, 7) is 3.53. The van der Waals surface area contributed by atoms with Crippen LogP contribution in [0.3, 0.4) is 0 Å². The van der Waals surface area contributed by atoms with E-state index in [-0.39, 0.29) is 17.4 Å². The molecule has 2 aromatic carbocycles. The number of aliphatic hydroxyl groups is 1. The molecule has 3 heterocycles. The van der Waals surface area contributed by atoms with Crippen LogP contribution in [0.15, 0.2) is 48.5 Å². The van der Waals surface area contributed by atoms with Crippen LogP contribution in [0, 0.1) is 0 Å². The lowest BCUT2D eigenvalue weighted by Gasteiger charge is -2.41. The normalized spacial score (nSPS) is 22.5. The number of carbonyl (C=O) groups excluding carboxylic acids is 1. The van der Waals surface area contributed by atoms with E-state index in [1.807, 2.05) is 42.5 Å². The van der Waals surface area contributed by atoms with E-state index in [0.717, 1.165) is 49.7 Å². The minimum atomic E-state index is -0.447. The Kier molecular flexibility index (Phi) is 4.68. The van der Waals surface area contributed by atoms with E-state index in [9.17, 15) is 9.90 Å². The zero-order valence-corrected chi connectivity index (χ0v) is 16.4. The van der Waals surface area contributed by atoms with E-state index < -0.39 is 6.61 Å². The maximum atomic E-state index is 12.3. The molecule has 3 aliphatic rings. The fourth-order valence-corrected chi connectivity index (χ4v) is 4.97. The quantitative estimate of drug-likeness (QED) is 0.865. The van der Waals surface area contributed by atoms with Crippen molar-refractivity contribution in [3.05, 3.63) is 54.1 Å². The average Bonchev–Trinajstić information content (AvgIpc) is 3.09. The number of piperidine rings is 1. The number of nitrogens with zero attached hydrogens (tertiary/aromatic N) is 2. The molecule has 3 aliphatic heterocycles. The summed E-state index contributed by atoms with van der Waals surface area (Å²) in [5.41, 5.74) is 2.18. The Hall–Kier alpha value is -2.57. The highest BCUT2D eigenvalue weighted by molar-refractivity contribution is 5.97. The molecule has 0 aliphatic carbocycles. The second kappa shape index (κ2) is 7.35. The third kappa shape index (κ3) is 3.26. The lowest BCUT2D eigenvalue weighted by Crippen LogP contribution is -2.49. The maximum Gasteiger partial charge on any atom is 0.252 e. The fourth-order valence-electron chi connectivity index (χ4n) is 4.97. The predicted octanol–water partition coefficient (Wildman–Crippen LogP) is 2.20. The monoisotopic (exact) mass is 394 g/mol. The first-order valence-corrected chi connectivity index (χ1v) is 10.3. The van der Waals surface area contributed by atoms with Crippen LogP contribution in [0.5, 0.6) is 11.5 Å². The number of hydrogen-bond acceptors (Lipinski definition) is 5. The molecular formula is C23H26N2O4. The zero-order chi connectivity index (χ0) is 19.8. The van der Waals surface area contributed by atoms with E-state index in [0.29, 0.717) is 13.2 Å². The molecule has 152 valence electrons. The van der Waals surface area contributed by atoms with Crippen molar-refractivity contribution in [2.45, 2.75) is 24.4 Å². The van der Waals surface area contributed by atoms with Crippen molar-refractivity contribution in [1.29, 1.82) is 0 Å². The molecule has 6 heteroatoms. The van der Waals surface area contributed by atoms with Gasteiger partial charge in [-0.3, -0.25) is 9.69 Å². The molecule has 1 N–H and O–H groups in total. The summed E-state index contributed by atoms with van der Waals surface area (Å²) >= 11 is 0. The molecule has 0 saturated carbocycles. The molecule has 6 nitrogen and oxygen atoms in total. The molecule has 1 spiro atoms. The highest BCUT2D eigenvalue weighted by atomic mass is 16.6. The molecule has 29 heavy (non-hydrogen) atoms. The van der Waals surface area contributed by atoms with E-state index in [1.165, 1.54) is 5.56 Å². The highest BCUT2D eigenvalue weighted by Gasteiger charge is 2.46. The summed E-state index contributed by atoms with van der Waals surface area (Å²) < 4.78 is 12.0. The third-order valence-electron chi connectivity index (χ3n) is 6.51. The number of carbonyl (C=O) groups is 1. The van der Waals surface area contributed by atoms with Gasteiger partial charge in [0.15, 0.2) is 11.5 Å². The number of likely N-dealkylation sites (tertiary alicyclic amines) is 1. The Bertz CT molecular complexity index is 907. The molecule has 5 rings (SSSR count). The lowest BCUT2D eigenvalue weighted by atomic mass is 9.74. The van der Waals surface area contributed by atoms with Gasteiger partial charge in [-0.05, 0) is 49.7 Å². The van der Waals surface area contributed by atoms with Gasteiger partial charge in [-0.15, -0.1) is 0 Å². The zero-order valence-electron chi connectivity index (χ0n) is 16.4. The standard InChI is InChI=1S/C23H26N2O4/c26-14-22(27)25-16-23(18-5-1-2-6-19(18)25)9-11-24(12-10-23)13-17-15-28-20-7-3-4-8-21(20)29-17/h1-8,17,26H,9-16H2. The number of amides is 1. The first-order valence-electron chi connectivity index (χ1n) is 10.3. The second-order valence-electron chi connectivity index (χ2n) is 8.23. The first kappa shape index (κ1) is 18.5. The molecule has 0 aromatic heterocycles. The minimum Gasteiger partial charge on any atom is -0.486 e. The highest BCUT2D eigenvalue weighted by Crippen LogP contribution is 2.47. The van der Waals surface area contributed by atoms with Crippen LogP contribution in [-0.2, 0) is 10.2 Å². The Labute approximate surface area is 170 Å². The summed E-state index contributed by atoms with van der Waals surface area (Å²) in [6.07, 6.45) is 2.01. The third-order valence-corrected chi connectivity index (χ3v) is 6.51. The van der Waals surface area contributed by atoms with Gasteiger partial charge in [0.05, 0.1) is 0 Å². The number of fused-ring (bicyclic) bond motifs is 3. The largest absolute Gasteiger partial charge is 0.486 e. The molecule has 0 radical (unpaired) electrons. The van der Waals surface area contributed by atoms with Crippen molar-refractivity contribution in [3.63, 3.8) is 0 Å². The van der Waals surface area contributed by atoms with Crippen LogP contribution >= 0.6 is 0 Å². The number of benzene rings is 2. The van der Waals surface area contributed by atoms with Gasteiger partial charge in [0.2, 0.25) is 0 Å². The SMILES string of the molecule is O=C(CO)N1CC2(CCN(CC3COc4ccccc4O3)CC2)c2ccccc21. The van der Waals surface area contributed by atoms with Crippen molar-refractivity contribution in [3.8, 4) is 11.5 Å². The van der Waals surface area contributed by atoms with E-state index in [1.54, 1.807) is 4.90 Å². The molecule has 1 amide bonds. The average molecular weight is 394 g/mol. The number of ether oxygens (including phenoxy) is 2. The topological polar surface area (TPSA) is 62.2 Å². The van der Waals surface area contributed by atoms with Crippen LogP contribution in [0.4, 0.5) is 5.69 Å². The molecule has 1 unspecified atom stereocenters.